The van der Waals surface area contributed by atoms with E-state index in [1.54, 1.807) is 4.57 Å². The minimum Gasteiger partial charge on any atom is -0.443 e. The molecule has 0 N–H and O–H groups in total. The van der Waals surface area contributed by atoms with E-state index in [4.69, 9.17) is 16.3 Å². The van der Waals surface area contributed by atoms with Crippen molar-refractivity contribution in [1.82, 2.24) is 4.57 Å². The number of alkyl halides is 1. The summed E-state index contributed by atoms with van der Waals surface area (Å²) in [4.78, 5) is 12.6. The van der Waals surface area contributed by atoms with Crippen LogP contribution in [0.25, 0.3) is 10.9 Å². The largest absolute Gasteiger partial charge is 0.443 e. The number of fused-ring (bicyclic) bond motifs is 3. The number of carbonyl (C=O) groups excluding carboxylic acids is 1. The molecule has 0 bridgehead atoms. The maximum atomic E-state index is 12.6. The number of aryl methyl sites for hydroxylation is 1. The van der Waals surface area contributed by atoms with Crippen LogP contribution in [-0.4, -0.2) is 16.3 Å². The van der Waals surface area contributed by atoms with E-state index in [2.05, 4.69) is 6.07 Å². The van der Waals surface area contributed by atoms with E-state index in [0.717, 1.165) is 35.9 Å². The van der Waals surface area contributed by atoms with Gasteiger partial charge in [0, 0.05) is 5.39 Å². The van der Waals surface area contributed by atoms with E-state index < -0.39 is 5.60 Å². The summed E-state index contributed by atoms with van der Waals surface area (Å²) in [6.45, 7) is 5.63. The number of halogens is 1. The first-order chi connectivity index (χ1) is 9.88. The normalized spacial score (nSPS) is 18.6. The molecule has 0 aliphatic heterocycles. The summed E-state index contributed by atoms with van der Waals surface area (Å²) in [5.74, 6) is 0. The number of carbonyl (C=O) groups is 1. The Morgan fingerprint density at radius 1 is 1.33 bits per heavy atom. The number of benzene rings is 1. The van der Waals surface area contributed by atoms with Crippen molar-refractivity contribution >= 4 is 28.6 Å². The van der Waals surface area contributed by atoms with Crippen molar-refractivity contribution in [2.45, 2.75) is 51.0 Å². The molecule has 21 heavy (non-hydrogen) atoms. The Bertz CT molecular complexity index is 697. The summed E-state index contributed by atoms with van der Waals surface area (Å²) in [7, 11) is 0. The minimum absolute atomic E-state index is 0.131. The fourth-order valence-corrected chi connectivity index (χ4v) is 3.40. The SMILES string of the molecule is CC(C)(C)OC(=O)n1c2c(c3ccccc31)CCCC2Cl. The summed E-state index contributed by atoms with van der Waals surface area (Å²) in [5, 5.41) is 0.984. The van der Waals surface area contributed by atoms with Gasteiger partial charge in [0.2, 0.25) is 0 Å². The zero-order chi connectivity index (χ0) is 15.2. The van der Waals surface area contributed by atoms with Crippen LogP contribution in [0.3, 0.4) is 0 Å². The predicted molar refractivity (Wildman–Crippen MR) is 85.1 cm³/mol. The van der Waals surface area contributed by atoms with Gasteiger partial charge < -0.3 is 4.74 Å². The van der Waals surface area contributed by atoms with E-state index in [9.17, 15) is 4.79 Å². The molecule has 3 rings (SSSR count). The number of hydrogen-bond donors (Lipinski definition) is 0. The average Bonchev–Trinajstić information content (AvgIpc) is 2.73. The van der Waals surface area contributed by atoms with Gasteiger partial charge in [-0.15, -0.1) is 11.6 Å². The first-order valence-electron chi connectivity index (χ1n) is 7.38. The van der Waals surface area contributed by atoms with Crippen molar-refractivity contribution in [2.24, 2.45) is 0 Å². The highest BCUT2D eigenvalue weighted by Crippen LogP contribution is 2.40. The summed E-state index contributed by atoms with van der Waals surface area (Å²) >= 11 is 6.51. The van der Waals surface area contributed by atoms with E-state index in [-0.39, 0.29) is 11.5 Å². The Labute approximate surface area is 129 Å². The molecule has 112 valence electrons. The first-order valence-corrected chi connectivity index (χ1v) is 7.82. The second kappa shape index (κ2) is 5.06. The highest BCUT2D eigenvalue weighted by atomic mass is 35.5. The fourth-order valence-electron chi connectivity index (χ4n) is 3.02. The Kier molecular flexibility index (Phi) is 3.48. The van der Waals surface area contributed by atoms with Crippen molar-refractivity contribution in [3.8, 4) is 0 Å². The molecule has 0 radical (unpaired) electrons. The molecule has 1 atom stereocenters. The monoisotopic (exact) mass is 305 g/mol. The van der Waals surface area contributed by atoms with Gasteiger partial charge in [-0.3, -0.25) is 0 Å². The van der Waals surface area contributed by atoms with Crippen LogP contribution in [0, 0.1) is 0 Å². The summed E-state index contributed by atoms with van der Waals surface area (Å²) in [6, 6.07) is 7.96. The lowest BCUT2D eigenvalue weighted by molar-refractivity contribution is 0.0539. The lowest BCUT2D eigenvalue weighted by Gasteiger charge is -2.23. The van der Waals surface area contributed by atoms with Crippen LogP contribution < -0.4 is 0 Å². The first kappa shape index (κ1) is 14.5. The van der Waals surface area contributed by atoms with Crippen molar-refractivity contribution in [3.63, 3.8) is 0 Å². The van der Waals surface area contributed by atoms with Crippen molar-refractivity contribution in [1.29, 1.82) is 0 Å². The van der Waals surface area contributed by atoms with Crippen LogP contribution in [0.5, 0.6) is 0 Å². The van der Waals surface area contributed by atoms with Crippen LogP contribution in [0.1, 0.15) is 50.2 Å². The lowest BCUT2D eigenvalue weighted by atomic mass is 9.95. The molecule has 1 aromatic carbocycles. The number of hydrogen-bond acceptors (Lipinski definition) is 2. The molecule has 1 aliphatic rings. The van der Waals surface area contributed by atoms with E-state index in [1.807, 2.05) is 39.0 Å². The Balaban J connectivity index is 2.21. The fraction of sp³-hybridized carbons (Fsp3) is 0.471. The Morgan fingerprint density at radius 2 is 2.05 bits per heavy atom. The van der Waals surface area contributed by atoms with Crippen LogP contribution in [0.2, 0.25) is 0 Å². The van der Waals surface area contributed by atoms with Crippen molar-refractivity contribution in [3.05, 3.63) is 35.5 Å². The molecule has 1 aliphatic carbocycles. The van der Waals surface area contributed by atoms with Crippen LogP contribution >= 0.6 is 11.6 Å². The van der Waals surface area contributed by atoms with Gasteiger partial charge in [-0.2, -0.15) is 0 Å². The second-order valence-corrected chi connectivity index (χ2v) is 7.08. The molecule has 1 heterocycles. The number of aromatic nitrogens is 1. The summed E-state index contributed by atoms with van der Waals surface area (Å²) in [5.41, 5.74) is 2.48. The third kappa shape index (κ3) is 2.55. The van der Waals surface area contributed by atoms with E-state index >= 15 is 0 Å². The smallest absolute Gasteiger partial charge is 0.419 e. The quantitative estimate of drug-likeness (QED) is 0.638. The molecule has 0 spiro atoms. The van der Waals surface area contributed by atoms with Gasteiger partial charge in [0.1, 0.15) is 5.60 Å². The Hall–Kier alpha value is -1.48. The average molecular weight is 306 g/mol. The van der Waals surface area contributed by atoms with Gasteiger partial charge in [0.25, 0.3) is 0 Å². The van der Waals surface area contributed by atoms with Gasteiger partial charge in [-0.05, 0) is 51.7 Å². The predicted octanol–water partition coefficient (Wildman–Crippen LogP) is 5.04. The standard InChI is InChI=1S/C17H20ClNO2/c1-17(2,3)21-16(20)19-14-10-5-4-7-11(14)12-8-6-9-13(18)15(12)19/h4-5,7,10,13H,6,8-9H2,1-3H3. The highest BCUT2D eigenvalue weighted by Gasteiger charge is 2.30. The van der Waals surface area contributed by atoms with Gasteiger partial charge >= 0.3 is 6.09 Å². The third-order valence-electron chi connectivity index (χ3n) is 3.78. The zero-order valence-electron chi connectivity index (χ0n) is 12.6. The molecule has 4 heteroatoms. The molecular weight excluding hydrogens is 286 g/mol. The number of para-hydroxylation sites is 1. The van der Waals surface area contributed by atoms with E-state index in [1.165, 1.54) is 5.56 Å². The molecule has 3 nitrogen and oxygen atoms in total. The summed E-state index contributed by atoms with van der Waals surface area (Å²) in [6.07, 6.45) is 2.58. The molecule has 1 unspecified atom stereocenters. The van der Waals surface area contributed by atoms with Gasteiger partial charge in [-0.25, -0.2) is 9.36 Å². The molecule has 0 saturated carbocycles. The molecule has 0 saturated heterocycles. The highest BCUT2D eigenvalue weighted by molar-refractivity contribution is 6.21. The van der Waals surface area contributed by atoms with Gasteiger partial charge in [0.05, 0.1) is 16.6 Å². The number of ether oxygens (including phenoxy) is 1. The van der Waals surface area contributed by atoms with Crippen LogP contribution in [-0.2, 0) is 11.2 Å². The molecule has 0 fully saturated rings. The van der Waals surface area contributed by atoms with Crippen LogP contribution in [0.4, 0.5) is 4.79 Å². The molecule has 1 aromatic heterocycles. The van der Waals surface area contributed by atoms with E-state index in [0.29, 0.717) is 0 Å². The van der Waals surface area contributed by atoms with Gasteiger partial charge in [-0.1, -0.05) is 18.2 Å². The summed E-state index contributed by atoms with van der Waals surface area (Å²) < 4.78 is 7.24. The lowest BCUT2D eigenvalue weighted by Crippen LogP contribution is -2.28. The second-order valence-electron chi connectivity index (χ2n) is 6.56. The maximum Gasteiger partial charge on any atom is 0.419 e. The number of rotatable bonds is 0. The molecule has 2 aromatic rings. The number of nitrogens with zero attached hydrogens (tertiary/aromatic N) is 1. The van der Waals surface area contributed by atoms with Gasteiger partial charge in [0.15, 0.2) is 0 Å². The van der Waals surface area contributed by atoms with Crippen LogP contribution in [0.15, 0.2) is 24.3 Å². The third-order valence-corrected chi connectivity index (χ3v) is 4.20. The molecule has 0 amide bonds. The van der Waals surface area contributed by atoms with Crippen molar-refractivity contribution in [2.75, 3.05) is 0 Å². The molecular formula is C17H20ClNO2. The minimum atomic E-state index is -0.522. The Morgan fingerprint density at radius 3 is 2.76 bits per heavy atom. The van der Waals surface area contributed by atoms with Crippen molar-refractivity contribution < 1.29 is 9.53 Å². The maximum absolute atomic E-state index is 12.6. The topological polar surface area (TPSA) is 31.2 Å². The zero-order valence-corrected chi connectivity index (χ0v) is 13.4.